The molecule has 6 aromatic rings. The van der Waals surface area contributed by atoms with E-state index >= 15 is 0 Å². The van der Waals surface area contributed by atoms with Crippen LogP contribution in [0.1, 0.15) is 66.2 Å². The zero-order valence-electron chi connectivity index (χ0n) is 28.7. The molecular weight excluding hydrogens is 661 g/mol. The van der Waals surface area contributed by atoms with Crippen LogP contribution in [0.5, 0.6) is 0 Å². The first kappa shape index (κ1) is 33.6. The van der Waals surface area contributed by atoms with Crippen molar-refractivity contribution in [1.82, 2.24) is 9.13 Å². The molecule has 9 nitrogen and oxygen atoms in total. The first-order valence-electron chi connectivity index (χ1n) is 16.9. The highest BCUT2D eigenvalue weighted by atomic mass is 32.1. The summed E-state index contributed by atoms with van der Waals surface area (Å²) in [5.41, 5.74) is 7.01. The monoisotopic (exact) mass is 696 g/mol. The Balaban J connectivity index is 1.44. The van der Waals surface area contributed by atoms with E-state index in [2.05, 4.69) is 18.4 Å². The van der Waals surface area contributed by atoms with Crippen LogP contribution < -0.4 is 14.9 Å². The van der Waals surface area contributed by atoms with Gasteiger partial charge in [0.15, 0.2) is 4.80 Å². The number of thiazole rings is 1. The number of rotatable bonds is 9. The van der Waals surface area contributed by atoms with E-state index in [4.69, 9.17) is 9.73 Å². The zero-order valence-corrected chi connectivity index (χ0v) is 29.5. The molecule has 0 radical (unpaired) electrons. The van der Waals surface area contributed by atoms with E-state index in [-0.39, 0.29) is 17.9 Å². The number of hydrogen-bond donors (Lipinski definition) is 0. The van der Waals surface area contributed by atoms with Crippen LogP contribution in [0, 0.1) is 17.0 Å². The van der Waals surface area contributed by atoms with Gasteiger partial charge in [0.1, 0.15) is 0 Å². The summed E-state index contributed by atoms with van der Waals surface area (Å²) >= 11 is 1.29. The first-order chi connectivity index (χ1) is 24.7. The smallest absolute Gasteiger partial charge is 0.338 e. The van der Waals surface area contributed by atoms with Crippen molar-refractivity contribution >= 4 is 45.7 Å². The Bertz CT molecular complexity index is 2510. The highest BCUT2D eigenvalue weighted by Gasteiger charge is 2.35. The average molecular weight is 697 g/mol. The summed E-state index contributed by atoms with van der Waals surface area (Å²) in [6.45, 7) is 8.70. The Morgan fingerprint density at radius 1 is 0.980 bits per heavy atom. The zero-order chi connectivity index (χ0) is 35.8. The van der Waals surface area contributed by atoms with Crippen LogP contribution in [0.3, 0.4) is 0 Å². The second-order valence-electron chi connectivity index (χ2n) is 12.8. The maximum atomic E-state index is 14.6. The molecule has 0 fully saturated rings. The number of para-hydroxylation sites is 1. The molecule has 0 aliphatic carbocycles. The number of nitro groups is 1. The number of ether oxygens (including phenoxy) is 1. The van der Waals surface area contributed by atoms with Gasteiger partial charge in [0.05, 0.1) is 33.4 Å². The Morgan fingerprint density at radius 3 is 2.33 bits per heavy atom. The molecule has 3 heterocycles. The molecule has 0 N–H and O–H groups in total. The summed E-state index contributed by atoms with van der Waals surface area (Å²) in [6, 6.07) is 31.4. The average Bonchev–Trinajstić information content (AvgIpc) is 3.59. The number of nitro benzene ring substituents is 1. The predicted octanol–water partition coefficient (Wildman–Crippen LogP) is 7.28. The third-order valence-electron chi connectivity index (χ3n) is 9.34. The SMILES string of the molecule is CCOC(=O)C1=C(c2ccccc2)N=c2s/c(=C\c3c(C)n(Cc4ccc([N+](=O)[O-])cc4)c4ccccc34)c(=O)n2[C@H]1c1ccc(C(C)C)cc1. The summed E-state index contributed by atoms with van der Waals surface area (Å²) in [6.07, 6.45) is 1.92. The second kappa shape index (κ2) is 13.8. The van der Waals surface area contributed by atoms with Crippen LogP contribution in [-0.4, -0.2) is 26.6 Å². The molecule has 2 aromatic heterocycles. The fourth-order valence-electron chi connectivity index (χ4n) is 6.70. The lowest BCUT2D eigenvalue weighted by Gasteiger charge is -2.26. The van der Waals surface area contributed by atoms with Crippen LogP contribution in [0.2, 0.25) is 0 Å². The van der Waals surface area contributed by atoms with Crippen LogP contribution >= 0.6 is 11.3 Å². The van der Waals surface area contributed by atoms with Crippen molar-refractivity contribution in [3.05, 3.63) is 172 Å². The van der Waals surface area contributed by atoms with Crippen molar-refractivity contribution in [2.24, 2.45) is 4.99 Å². The predicted molar refractivity (Wildman–Crippen MR) is 200 cm³/mol. The van der Waals surface area contributed by atoms with Crippen LogP contribution in [0.15, 0.2) is 118 Å². The third kappa shape index (κ3) is 6.23. The molecule has 1 atom stereocenters. The molecule has 51 heavy (non-hydrogen) atoms. The number of esters is 1. The van der Waals surface area contributed by atoms with Crippen molar-refractivity contribution in [2.75, 3.05) is 6.61 Å². The lowest BCUT2D eigenvalue weighted by Crippen LogP contribution is -2.40. The van der Waals surface area contributed by atoms with Crippen LogP contribution in [-0.2, 0) is 16.1 Å². The Morgan fingerprint density at radius 2 is 1.67 bits per heavy atom. The molecule has 10 heteroatoms. The van der Waals surface area contributed by atoms with E-state index in [1.54, 1.807) is 23.6 Å². The fraction of sp³-hybridized carbons (Fsp3) is 0.195. The minimum atomic E-state index is -0.761. The Kier molecular flexibility index (Phi) is 9.10. The summed E-state index contributed by atoms with van der Waals surface area (Å²) < 4.78 is 9.90. The topological polar surface area (TPSA) is 109 Å². The van der Waals surface area contributed by atoms with Gasteiger partial charge >= 0.3 is 5.97 Å². The highest BCUT2D eigenvalue weighted by molar-refractivity contribution is 7.07. The van der Waals surface area contributed by atoms with Crippen molar-refractivity contribution in [1.29, 1.82) is 0 Å². The van der Waals surface area contributed by atoms with Gasteiger partial charge < -0.3 is 9.30 Å². The molecule has 0 unspecified atom stereocenters. The Hall–Kier alpha value is -5.87. The first-order valence-corrected chi connectivity index (χ1v) is 17.7. The number of nitrogens with zero attached hydrogens (tertiary/aromatic N) is 4. The van der Waals surface area contributed by atoms with Crippen LogP contribution in [0.4, 0.5) is 5.69 Å². The number of fused-ring (bicyclic) bond motifs is 2. The van der Waals surface area contributed by atoms with Gasteiger partial charge in [-0.2, -0.15) is 0 Å². The van der Waals surface area contributed by atoms with Gasteiger partial charge in [0, 0.05) is 46.4 Å². The quantitative estimate of drug-likeness (QED) is 0.0897. The van der Waals surface area contributed by atoms with Crippen LogP contribution in [0.25, 0.3) is 22.7 Å². The summed E-state index contributed by atoms with van der Waals surface area (Å²) in [5, 5.41) is 12.2. The molecule has 7 rings (SSSR count). The van der Waals surface area contributed by atoms with E-state index in [1.165, 1.54) is 23.5 Å². The third-order valence-corrected chi connectivity index (χ3v) is 10.3. The minimum Gasteiger partial charge on any atom is -0.463 e. The standard InChI is InChI=1S/C41H36N4O5S/c1-5-50-40(47)36-37(29-11-7-6-8-12-29)42-41-44(38(36)30-19-17-28(18-20-30)25(2)3)39(46)35(51-41)23-33-26(4)43(34-14-10-9-13-32(33)34)24-27-15-21-31(22-16-27)45(48)49/h6-23,25,38H,5,24H2,1-4H3/b35-23-/t38-/m0/s1. The molecule has 0 saturated heterocycles. The van der Waals surface area contributed by atoms with E-state index in [1.807, 2.05) is 91.9 Å². The summed E-state index contributed by atoms with van der Waals surface area (Å²) in [4.78, 5) is 44.8. The highest BCUT2D eigenvalue weighted by Crippen LogP contribution is 2.36. The van der Waals surface area contributed by atoms with Crippen molar-refractivity contribution < 1.29 is 14.5 Å². The molecule has 0 spiro atoms. The largest absolute Gasteiger partial charge is 0.463 e. The summed E-state index contributed by atoms with van der Waals surface area (Å²) in [7, 11) is 0. The van der Waals surface area contributed by atoms with Gasteiger partial charge in [0.25, 0.3) is 11.2 Å². The van der Waals surface area contributed by atoms with Gasteiger partial charge in [0.2, 0.25) is 0 Å². The molecule has 1 aliphatic rings. The lowest BCUT2D eigenvalue weighted by molar-refractivity contribution is -0.384. The maximum absolute atomic E-state index is 14.6. The van der Waals surface area contributed by atoms with E-state index in [9.17, 15) is 19.7 Å². The molecule has 4 aromatic carbocycles. The molecule has 0 amide bonds. The van der Waals surface area contributed by atoms with Crippen molar-refractivity contribution in [3.63, 3.8) is 0 Å². The number of aromatic nitrogens is 2. The molecule has 1 aliphatic heterocycles. The number of hydrogen-bond acceptors (Lipinski definition) is 7. The number of benzene rings is 4. The van der Waals surface area contributed by atoms with Gasteiger partial charge in [-0.05, 0) is 48.6 Å². The van der Waals surface area contributed by atoms with E-state index in [0.717, 1.165) is 44.4 Å². The van der Waals surface area contributed by atoms with Gasteiger partial charge in [-0.3, -0.25) is 19.5 Å². The minimum absolute atomic E-state index is 0.0413. The van der Waals surface area contributed by atoms with Gasteiger partial charge in [-0.1, -0.05) is 110 Å². The molecular formula is C41H36N4O5S. The van der Waals surface area contributed by atoms with Crippen molar-refractivity contribution in [3.8, 4) is 0 Å². The van der Waals surface area contributed by atoms with Gasteiger partial charge in [-0.15, -0.1) is 0 Å². The van der Waals surface area contributed by atoms with E-state index < -0.39 is 16.9 Å². The number of carbonyl (C=O) groups excluding carboxylic acids is 1. The second-order valence-corrected chi connectivity index (χ2v) is 13.8. The Labute approximate surface area is 298 Å². The number of non-ortho nitro benzene ring substituents is 1. The fourth-order valence-corrected chi connectivity index (χ4v) is 7.68. The lowest BCUT2D eigenvalue weighted by atomic mass is 9.91. The molecule has 256 valence electrons. The molecule has 0 bridgehead atoms. The normalized spacial score (nSPS) is 14.5. The maximum Gasteiger partial charge on any atom is 0.338 e. The van der Waals surface area contributed by atoms with E-state index in [0.29, 0.717) is 33.1 Å². The number of carbonyl (C=O) groups is 1. The van der Waals surface area contributed by atoms with Crippen molar-refractivity contribution in [2.45, 2.75) is 46.2 Å². The molecule has 0 saturated carbocycles. The summed E-state index contributed by atoms with van der Waals surface area (Å²) in [5.74, 6) is -0.204. The van der Waals surface area contributed by atoms with Gasteiger partial charge in [-0.25, -0.2) is 9.79 Å².